The van der Waals surface area contributed by atoms with Crippen molar-refractivity contribution >= 4 is 5.82 Å². The number of hydrogen-bond donors (Lipinski definition) is 0. The molecule has 31 heavy (non-hydrogen) atoms. The summed E-state index contributed by atoms with van der Waals surface area (Å²) in [5.41, 5.74) is 1.48. The van der Waals surface area contributed by atoms with Crippen LogP contribution in [-0.4, -0.2) is 29.7 Å². The molecular weight excluding hydrogens is 403 g/mol. The molecule has 0 radical (unpaired) electrons. The van der Waals surface area contributed by atoms with Gasteiger partial charge in [0.1, 0.15) is 6.33 Å². The van der Waals surface area contributed by atoms with Crippen molar-refractivity contribution in [2.45, 2.75) is 64.3 Å². The first-order valence-electron chi connectivity index (χ1n) is 11.1. The fourth-order valence-electron chi connectivity index (χ4n) is 4.67. The van der Waals surface area contributed by atoms with E-state index in [1.165, 1.54) is 18.5 Å². The van der Waals surface area contributed by atoms with Gasteiger partial charge in [-0.05, 0) is 49.5 Å². The zero-order valence-electron chi connectivity index (χ0n) is 18.2. The summed E-state index contributed by atoms with van der Waals surface area (Å²) in [6, 6.07) is 6.29. The van der Waals surface area contributed by atoms with Crippen molar-refractivity contribution < 1.29 is 17.9 Å². The highest BCUT2D eigenvalue weighted by Crippen LogP contribution is 2.39. The number of ether oxygens (including phenoxy) is 1. The minimum Gasteiger partial charge on any atom is -0.381 e. The molecule has 2 saturated heterocycles. The normalized spacial score (nSPS) is 21.5. The minimum atomic E-state index is -2.87. The van der Waals surface area contributed by atoms with Crippen molar-refractivity contribution in [3.63, 3.8) is 0 Å². The Bertz CT molecular complexity index is 892. The molecule has 0 N–H and O–H groups in total. The van der Waals surface area contributed by atoms with E-state index in [2.05, 4.69) is 16.9 Å². The van der Waals surface area contributed by atoms with Gasteiger partial charge < -0.3 is 9.64 Å². The monoisotopic (exact) mass is 433 g/mol. The van der Waals surface area contributed by atoms with Crippen LogP contribution in [0.1, 0.15) is 68.8 Å². The Morgan fingerprint density at radius 2 is 1.87 bits per heavy atom. The standard InChI is InChI=1S/C24H30F3N3O/c1-23(11-14-31-15-12-23)10-9-19-21(25)22(29-16-28-19)30-13-3-4-20(30)17-5-7-18(8-6-17)24(2,26)27/h5-8,16,20H,3-4,9-15H2,1-2H3. The summed E-state index contributed by atoms with van der Waals surface area (Å²) in [6.07, 6.45) is 6.56. The van der Waals surface area contributed by atoms with Crippen molar-refractivity contribution in [1.29, 1.82) is 0 Å². The van der Waals surface area contributed by atoms with Crippen molar-refractivity contribution in [3.05, 3.63) is 53.2 Å². The summed E-state index contributed by atoms with van der Waals surface area (Å²) in [7, 11) is 0. The lowest BCUT2D eigenvalue weighted by molar-refractivity contribution is 0.0174. The van der Waals surface area contributed by atoms with Gasteiger partial charge in [-0.2, -0.15) is 0 Å². The van der Waals surface area contributed by atoms with Crippen LogP contribution < -0.4 is 4.90 Å². The lowest BCUT2D eigenvalue weighted by atomic mass is 9.78. The molecule has 4 rings (SSSR count). The summed E-state index contributed by atoms with van der Waals surface area (Å²) in [5, 5.41) is 0. The van der Waals surface area contributed by atoms with E-state index in [0.29, 0.717) is 24.5 Å². The van der Waals surface area contributed by atoms with E-state index in [1.807, 2.05) is 4.90 Å². The quantitative estimate of drug-likeness (QED) is 0.576. The number of aromatic nitrogens is 2. The number of aryl methyl sites for hydroxylation is 1. The zero-order valence-corrected chi connectivity index (χ0v) is 18.2. The Morgan fingerprint density at radius 1 is 1.16 bits per heavy atom. The lowest BCUT2D eigenvalue weighted by Gasteiger charge is -2.33. The van der Waals surface area contributed by atoms with Gasteiger partial charge in [-0.15, -0.1) is 0 Å². The third-order valence-corrected chi connectivity index (χ3v) is 6.84. The Hall–Kier alpha value is -2.15. The molecule has 2 aromatic rings. The molecule has 0 saturated carbocycles. The molecule has 0 bridgehead atoms. The maximum atomic E-state index is 15.4. The molecule has 0 aliphatic carbocycles. The molecule has 1 atom stereocenters. The van der Waals surface area contributed by atoms with E-state index in [-0.39, 0.29) is 22.8 Å². The Labute approximate surface area is 181 Å². The lowest BCUT2D eigenvalue weighted by Crippen LogP contribution is -2.28. The first-order chi connectivity index (χ1) is 14.8. The highest BCUT2D eigenvalue weighted by Gasteiger charge is 2.32. The van der Waals surface area contributed by atoms with Crippen LogP contribution >= 0.6 is 0 Å². The van der Waals surface area contributed by atoms with Crippen LogP contribution in [0.2, 0.25) is 0 Å². The van der Waals surface area contributed by atoms with Crippen LogP contribution in [0.4, 0.5) is 19.0 Å². The van der Waals surface area contributed by atoms with Gasteiger partial charge in [-0.3, -0.25) is 0 Å². The van der Waals surface area contributed by atoms with E-state index in [1.54, 1.807) is 12.1 Å². The summed E-state index contributed by atoms with van der Waals surface area (Å²) in [4.78, 5) is 10.5. The summed E-state index contributed by atoms with van der Waals surface area (Å²) in [5.74, 6) is -2.92. The number of anilines is 1. The zero-order chi connectivity index (χ0) is 22.1. The first kappa shape index (κ1) is 22.1. The van der Waals surface area contributed by atoms with E-state index >= 15 is 4.39 Å². The summed E-state index contributed by atoms with van der Waals surface area (Å²) in [6.45, 7) is 5.31. The number of alkyl halides is 2. The molecule has 2 aliphatic rings. The number of benzene rings is 1. The molecule has 2 fully saturated rings. The van der Waals surface area contributed by atoms with Gasteiger partial charge in [0.05, 0.1) is 11.7 Å². The molecule has 2 aliphatic heterocycles. The van der Waals surface area contributed by atoms with E-state index < -0.39 is 5.92 Å². The van der Waals surface area contributed by atoms with Gasteiger partial charge in [0, 0.05) is 32.2 Å². The Morgan fingerprint density at radius 3 is 2.55 bits per heavy atom. The van der Waals surface area contributed by atoms with E-state index in [0.717, 1.165) is 57.8 Å². The van der Waals surface area contributed by atoms with Crippen LogP contribution in [0.25, 0.3) is 0 Å². The van der Waals surface area contributed by atoms with E-state index in [4.69, 9.17) is 4.74 Å². The highest BCUT2D eigenvalue weighted by molar-refractivity contribution is 5.46. The fourth-order valence-corrected chi connectivity index (χ4v) is 4.67. The van der Waals surface area contributed by atoms with Gasteiger partial charge in [0.2, 0.25) is 0 Å². The van der Waals surface area contributed by atoms with Crippen molar-refractivity contribution in [2.24, 2.45) is 5.41 Å². The molecule has 1 aromatic carbocycles. The Kier molecular flexibility index (Phi) is 6.24. The van der Waals surface area contributed by atoms with Crippen LogP contribution in [0.15, 0.2) is 30.6 Å². The van der Waals surface area contributed by atoms with Gasteiger partial charge in [0.15, 0.2) is 11.6 Å². The van der Waals surface area contributed by atoms with Crippen molar-refractivity contribution in [3.8, 4) is 0 Å². The molecule has 0 spiro atoms. The smallest absolute Gasteiger partial charge is 0.270 e. The number of hydrogen-bond acceptors (Lipinski definition) is 4. The maximum absolute atomic E-state index is 15.4. The second-order valence-electron chi connectivity index (χ2n) is 9.24. The van der Waals surface area contributed by atoms with Gasteiger partial charge >= 0.3 is 0 Å². The topological polar surface area (TPSA) is 38.2 Å². The number of halogens is 3. The van der Waals surface area contributed by atoms with Crippen molar-refractivity contribution in [1.82, 2.24) is 9.97 Å². The molecule has 7 heteroatoms. The maximum Gasteiger partial charge on any atom is 0.270 e. The van der Waals surface area contributed by atoms with Crippen LogP contribution in [-0.2, 0) is 17.1 Å². The van der Waals surface area contributed by atoms with Crippen LogP contribution in [0, 0.1) is 11.2 Å². The molecule has 168 valence electrons. The SMILES string of the molecule is CC1(CCc2ncnc(N3CCCC3c3ccc(C(C)(F)F)cc3)c2F)CCOCC1. The van der Waals surface area contributed by atoms with E-state index in [9.17, 15) is 8.78 Å². The number of nitrogens with zero attached hydrogens (tertiary/aromatic N) is 3. The second kappa shape index (κ2) is 8.77. The fraction of sp³-hybridized carbons (Fsp3) is 0.583. The molecular formula is C24H30F3N3O. The Balaban J connectivity index is 1.52. The highest BCUT2D eigenvalue weighted by atomic mass is 19.3. The minimum absolute atomic E-state index is 0.0158. The van der Waals surface area contributed by atoms with Crippen LogP contribution in [0.5, 0.6) is 0 Å². The molecule has 3 heterocycles. The first-order valence-corrected chi connectivity index (χ1v) is 11.1. The molecule has 1 unspecified atom stereocenters. The number of rotatable bonds is 6. The van der Waals surface area contributed by atoms with Gasteiger partial charge in [-0.25, -0.2) is 23.1 Å². The summed E-state index contributed by atoms with van der Waals surface area (Å²) >= 11 is 0. The average Bonchev–Trinajstić information content (AvgIpc) is 3.23. The predicted octanol–water partition coefficient (Wildman–Crippen LogP) is 5.82. The van der Waals surface area contributed by atoms with Crippen LogP contribution in [0.3, 0.4) is 0 Å². The molecule has 1 aromatic heterocycles. The summed E-state index contributed by atoms with van der Waals surface area (Å²) < 4.78 is 48.0. The third kappa shape index (κ3) is 4.86. The predicted molar refractivity (Wildman–Crippen MR) is 114 cm³/mol. The van der Waals surface area contributed by atoms with Gasteiger partial charge in [-0.1, -0.05) is 31.2 Å². The molecule has 4 nitrogen and oxygen atoms in total. The molecule has 0 amide bonds. The average molecular weight is 434 g/mol. The van der Waals surface area contributed by atoms with Gasteiger partial charge in [0.25, 0.3) is 5.92 Å². The second-order valence-corrected chi connectivity index (χ2v) is 9.24. The third-order valence-electron chi connectivity index (χ3n) is 6.84. The van der Waals surface area contributed by atoms with Crippen molar-refractivity contribution in [2.75, 3.05) is 24.7 Å². The largest absolute Gasteiger partial charge is 0.381 e.